The van der Waals surface area contributed by atoms with Crippen LogP contribution >= 0.6 is 0 Å². The maximum atomic E-state index is 4.31. The third-order valence-electron chi connectivity index (χ3n) is 8.33. The number of aromatic nitrogens is 1. The Hall–Kier alpha value is -4.56. The molecule has 1 fully saturated rings. The van der Waals surface area contributed by atoms with E-state index in [1.807, 2.05) is 6.08 Å². The molecule has 2 aliphatic carbocycles. The Morgan fingerprint density at radius 2 is 1.49 bits per heavy atom. The van der Waals surface area contributed by atoms with Crippen molar-refractivity contribution in [3.05, 3.63) is 140 Å². The molecule has 204 valence electrons. The lowest BCUT2D eigenvalue weighted by Gasteiger charge is -2.19. The maximum absolute atomic E-state index is 4.31. The van der Waals surface area contributed by atoms with E-state index in [4.69, 9.17) is 0 Å². The number of rotatable bonds is 6. The number of allylic oxidation sites excluding steroid dienone is 6. The van der Waals surface area contributed by atoms with Crippen LogP contribution < -0.4 is 4.90 Å². The molecule has 41 heavy (non-hydrogen) atoms. The van der Waals surface area contributed by atoms with Gasteiger partial charge in [-0.25, -0.2) is 0 Å². The van der Waals surface area contributed by atoms with Crippen LogP contribution in [0.15, 0.2) is 128 Å². The van der Waals surface area contributed by atoms with Gasteiger partial charge in [-0.15, -0.1) is 6.58 Å². The number of anilines is 2. The highest BCUT2D eigenvalue weighted by molar-refractivity contribution is 6.12. The van der Waals surface area contributed by atoms with Gasteiger partial charge in [-0.1, -0.05) is 86.3 Å². The maximum Gasteiger partial charge on any atom is 0.0539 e. The molecule has 0 N–H and O–H groups in total. The first-order valence-electron chi connectivity index (χ1n) is 14.6. The highest BCUT2D eigenvalue weighted by Gasteiger charge is 2.41. The molecule has 0 radical (unpaired) electrons. The largest absolute Gasteiger partial charge is 0.345 e. The molecule has 5 aromatic rings. The van der Waals surface area contributed by atoms with Crippen molar-refractivity contribution in [1.82, 2.24) is 4.57 Å². The summed E-state index contributed by atoms with van der Waals surface area (Å²) in [6, 6.07) is 35.1. The second kappa shape index (κ2) is 11.1. The minimum atomic E-state index is 0.661. The molecule has 0 saturated heterocycles. The normalized spacial score (nSPS) is 17.1. The van der Waals surface area contributed by atoms with E-state index in [1.165, 1.54) is 61.9 Å². The lowest BCUT2D eigenvalue weighted by Crippen LogP contribution is -2.08. The quantitative estimate of drug-likeness (QED) is 0.197. The van der Waals surface area contributed by atoms with E-state index in [0.717, 1.165) is 12.1 Å². The third kappa shape index (κ3) is 5.07. The molecule has 0 amide bonds. The Morgan fingerprint density at radius 1 is 0.854 bits per heavy atom. The van der Waals surface area contributed by atoms with E-state index in [1.54, 1.807) is 0 Å². The van der Waals surface area contributed by atoms with E-state index >= 15 is 0 Å². The van der Waals surface area contributed by atoms with Gasteiger partial charge in [0.1, 0.15) is 0 Å². The summed E-state index contributed by atoms with van der Waals surface area (Å²) < 4.78 is 2.29. The molecule has 4 aromatic carbocycles. The SMILES string of the molecule is C=C(C)n1c2ccc(C3=CC4CC4C(c4ccccc4)=C3)cc2c2cc(N(C)c3ccccc3)ccc21.C=CCC. The fourth-order valence-corrected chi connectivity index (χ4v) is 6.03. The zero-order chi connectivity index (χ0) is 28.5. The zero-order valence-electron chi connectivity index (χ0n) is 24.3. The van der Waals surface area contributed by atoms with E-state index in [0.29, 0.717) is 11.8 Å². The monoisotopic (exact) mass is 534 g/mol. The van der Waals surface area contributed by atoms with E-state index in [9.17, 15) is 0 Å². The van der Waals surface area contributed by atoms with E-state index in [-0.39, 0.29) is 0 Å². The average molecular weight is 535 g/mol. The Kier molecular flexibility index (Phi) is 7.24. The topological polar surface area (TPSA) is 8.17 Å². The number of fused-ring (bicyclic) bond motifs is 4. The Balaban J connectivity index is 0.000000712. The highest BCUT2D eigenvalue weighted by atomic mass is 15.1. The van der Waals surface area contributed by atoms with Crippen molar-refractivity contribution >= 4 is 50.0 Å². The molecule has 2 nitrogen and oxygen atoms in total. The smallest absolute Gasteiger partial charge is 0.0539 e. The van der Waals surface area contributed by atoms with Crippen molar-refractivity contribution in [1.29, 1.82) is 0 Å². The van der Waals surface area contributed by atoms with Gasteiger partial charge in [0.2, 0.25) is 0 Å². The molecule has 7 rings (SSSR count). The van der Waals surface area contributed by atoms with Gasteiger partial charge in [0, 0.05) is 34.9 Å². The summed E-state index contributed by atoms with van der Waals surface area (Å²) >= 11 is 0. The fourth-order valence-electron chi connectivity index (χ4n) is 6.03. The first-order chi connectivity index (χ1) is 20.0. The predicted molar refractivity (Wildman–Crippen MR) is 179 cm³/mol. The number of hydrogen-bond acceptors (Lipinski definition) is 1. The van der Waals surface area contributed by atoms with Crippen LogP contribution in [0, 0.1) is 11.8 Å². The highest BCUT2D eigenvalue weighted by Crippen LogP contribution is 2.54. The van der Waals surface area contributed by atoms with Crippen molar-refractivity contribution in [3.8, 4) is 0 Å². The summed E-state index contributed by atoms with van der Waals surface area (Å²) in [5.74, 6) is 1.34. The van der Waals surface area contributed by atoms with Crippen molar-refractivity contribution in [3.63, 3.8) is 0 Å². The van der Waals surface area contributed by atoms with Crippen LogP contribution in [0.3, 0.4) is 0 Å². The van der Waals surface area contributed by atoms with Crippen LogP contribution in [0.25, 0.3) is 38.6 Å². The minimum Gasteiger partial charge on any atom is -0.345 e. The number of nitrogens with zero attached hydrogens (tertiary/aromatic N) is 2. The van der Waals surface area contributed by atoms with Crippen molar-refractivity contribution in [2.45, 2.75) is 26.7 Å². The molecule has 2 unspecified atom stereocenters. The summed E-state index contributed by atoms with van der Waals surface area (Å²) in [7, 11) is 2.13. The van der Waals surface area contributed by atoms with Crippen molar-refractivity contribution in [2.24, 2.45) is 11.8 Å². The fraction of sp³-hybridized carbons (Fsp3) is 0.179. The molecular formula is C39H38N2. The average Bonchev–Trinajstić information content (AvgIpc) is 3.74. The molecule has 1 aromatic heterocycles. The van der Waals surface area contributed by atoms with Gasteiger partial charge >= 0.3 is 0 Å². The molecular weight excluding hydrogens is 496 g/mol. The first kappa shape index (κ1) is 26.7. The summed E-state index contributed by atoms with van der Waals surface area (Å²) in [5, 5.41) is 2.53. The van der Waals surface area contributed by atoms with Crippen molar-refractivity contribution < 1.29 is 0 Å². The number of hydrogen-bond donors (Lipinski definition) is 0. The first-order valence-corrected chi connectivity index (χ1v) is 14.6. The molecule has 0 bridgehead atoms. The summed E-state index contributed by atoms with van der Waals surface area (Å²) in [6.45, 7) is 11.9. The van der Waals surface area contributed by atoms with Gasteiger partial charge in [0.25, 0.3) is 0 Å². The van der Waals surface area contributed by atoms with Gasteiger partial charge in [0.15, 0.2) is 0 Å². The summed E-state index contributed by atoms with van der Waals surface area (Å²) in [5.41, 5.74) is 11.3. The standard InChI is InChI=1S/C35H30N2.C4H8/c1-23(2)37-34-16-14-25(26-18-27-21-31(27)30(20-26)24-10-6-4-7-11-24)19-32(34)33-22-29(15-17-35(33)37)36(3)28-12-8-5-9-13-28;1-3-4-2/h4-20,22,27,31H,1,21H2,2-3H3;3H,1,4H2,2H3. The number of para-hydroxylation sites is 1. The minimum absolute atomic E-state index is 0.661. The van der Waals surface area contributed by atoms with Gasteiger partial charge in [-0.05, 0) is 96.3 Å². The predicted octanol–water partition coefficient (Wildman–Crippen LogP) is 10.8. The summed E-state index contributed by atoms with van der Waals surface area (Å²) in [6.07, 6.45) is 9.14. The molecule has 2 atom stereocenters. The summed E-state index contributed by atoms with van der Waals surface area (Å²) in [4.78, 5) is 2.25. The van der Waals surface area contributed by atoms with Gasteiger partial charge in [-0.2, -0.15) is 0 Å². The molecule has 0 spiro atoms. The second-order valence-corrected chi connectivity index (χ2v) is 11.2. The lowest BCUT2D eigenvalue weighted by atomic mass is 9.90. The van der Waals surface area contributed by atoms with Crippen LogP contribution in [-0.2, 0) is 0 Å². The second-order valence-electron chi connectivity index (χ2n) is 11.2. The van der Waals surface area contributed by atoms with Crippen LogP contribution in [-0.4, -0.2) is 11.6 Å². The van der Waals surface area contributed by atoms with Gasteiger partial charge < -0.3 is 9.47 Å². The molecule has 1 saturated carbocycles. The van der Waals surface area contributed by atoms with Crippen LogP contribution in [0.1, 0.15) is 37.8 Å². The van der Waals surface area contributed by atoms with E-state index < -0.39 is 0 Å². The molecule has 0 aliphatic heterocycles. The molecule has 1 heterocycles. The lowest BCUT2D eigenvalue weighted by molar-refractivity contribution is 1.00. The molecule has 2 aliphatic rings. The van der Waals surface area contributed by atoms with Crippen molar-refractivity contribution in [2.75, 3.05) is 11.9 Å². The van der Waals surface area contributed by atoms with Crippen LogP contribution in [0.4, 0.5) is 11.4 Å². The Morgan fingerprint density at radius 3 is 2.15 bits per heavy atom. The molecule has 2 heteroatoms. The zero-order valence-corrected chi connectivity index (χ0v) is 24.3. The Labute approximate surface area is 244 Å². The number of benzene rings is 4. The van der Waals surface area contributed by atoms with Crippen LogP contribution in [0.5, 0.6) is 0 Å². The van der Waals surface area contributed by atoms with E-state index in [2.05, 4.69) is 153 Å². The van der Waals surface area contributed by atoms with Gasteiger partial charge in [0.05, 0.1) is 11.0 Å². The third-order valence-corrected chi connectivity index (χ3v) is 8.33. The Bertz CT molecular complexity index is 1800. The van der Waals surface area contributed by atoms with Crippen LogP contribution in [0.2, 0.25) is 0 Å². The van der Waals surface area contributed by atoms with Gasteiger partial charge in [-0.3, -0.25) is 0 Å².